The van der Waals surface area contributed by atoms with Crippen molar-refractivity contribution in [3.63, 3.8) is 0 Å². The van der Waals surface area contributed by atoms with E-state index in [-0.39, 0.29) is 10.0 Å². The molecule has 3 rings (SSSR count). The van der Waals surface area contributed by atoms with Crippen LogP contribution in [0.3, 0.4) is 0 Å². The Labute approximate surface area is 135 Å². The Morgan fingerprint density at radius 2 is 1.82 bits per heavy atom. The molecule has 0 unspecified atom stereocenters. The molecule has 110 valence electrons. The lowest BCUT2D eigenvalue weighted by molar-refractivity contribution is -0.113. The van der Waals surface area contributed by atoms with E-state index in [1.807, 2.05) is 30.3 Å². The van der Waals surface area contributed by atoms with Gasteiger partial charge in [-0.3, -0.25) is 9.69 Å². The zero-order chi connectivity index (χ0) is 15.7. The van der Waals surface area contributed by atoms with Crippen LogP contribution in [0.5, 0.6) is 0 Å². The van der Waals surface area contributed by atoms with Crippen molar-refractivity contribution < 1.29 is 13.6 Å². The van der Waals surface area contributed by atoms with Gasteiger partial charge in [-0.1, -0.05) is 54.3 Å². The monoisotopic (exact) mass is 333 g/mol. The standard InChI is InChI=1S/C16H9F2NOS2/c17-11-6-7-13(12(18)9-11)19-15(20)14(22-16(19)21)8-10-4-2-1-3-5-10/h1-9H/b14-8-. The number of benzene rings is 2. The summed E-state index contributed by atoms with van der Waals surface area (Å²) >= 11 is 6.24. The summed E-state index contributed by atoms with van der Waals surface area (Å²) in [6, 6.07) is 12.3. The second-order valence-electron chi connectivity index (χ2n) is 4.52. The van der Waals surface area contributed by atoms with Crippen LogP contribution < -0.4 is 4.90 Å². The van der Waals surface area contributed by atoms with E-state index >= 15 is 0 Å². The maximum absolute atomic E-state index is 13.9. The van der Waals surface area contributed by atoms with E-state index in [1.165, 1.54) is 6.07 Å². The van der Waals surface area contributed by atoms with Crippen molar-refractivity contribution >= 4 is 46.0 Å². The third kappa shape index (κ3) is 2.80. The lowest BCUT2D eigenvalue weighted by atomic mass is 10.2. The number of thiocarbonyl (C=S) groups is 1. The van der Waals surface area contributed by atoms with Crippen molar-refractivity contribution in [2.75, 3.05) is 4.90 Å². The SMILES string of the molecule is O=C1/C(=C/c2ccccc2)SC(=S)N1c1ccc(F)cc1F. The number of carbonyl (C=O) groups excluding carboxylic acids is 1. The minimum absolute atomic E-state index is 0.0413. The first-order chi connectivity index (χ1) is 10.6. The molecule has 1 aliphatic rings. The van der Waals surface area contributed by atoms with E-state index in [0.717, 1.165) is 34.4 Å². The van der Waals surface area contributed by atoms with Crippen molar-refractivity contribution in [3.8, 4) is 0 Å². The summed E-state index contributed by atoms with van der Waals surface area (Å²) in [5.41, 5.74) is 0.808. The lowest BCUT2D eigenvalue weighted by Crippen LogP contribution is -2.28. The quantitative estimate of drug-likeness (QED) is 0.601. The molecule has 0 bridgehead atoms. The fraction of sp³-hybridized carbons (Fsp3) is 0. The summed E-state index contributed by atoms with van der Waals surface area (Å²) in [6.07, 6.45) is 1.70. The molecule has 6 heteroatoms. The van der Waals surface area contributed by atoms with E-state index in [0.29, 0.717) is 4.91 Å². The average Bonchev–Trinajstić information content (AvgIpc) is 2.75. The van der Waals surface area contributed by atoms with Crippen molar-refractivity contribution in [2.24, 2.45) is 0 Å². The first kappa shape index (κ1) is 14.9. The van der Waals surface area contributed by atoms with Gasteiger partial charge in [-0.2, -0.15) is 0 Å². The Hall–Kier alpha value is -2.05. The molecule has 0 saturated carbocycles. The van der Waals surface area contributed by atoms with Gasteiger partial charge in [0.05, 0.1) is 10.6 Å². The van der Waals surface area contributed by atoms with Crippen LogP contribution in [0.15, 0.2) is 53.4 Å². The van der Waals surface area contributed by atoms with Crippen LogP contribution in [0, 0.1) is 11.6 Å². The van der Waals surface area contributed by atoms with Crippen LogP contribution in [0.1, 0.15) is 5.56 Å². The fourth-order valence-corrected chi connectivity index (χ4v) is 3.32. The van der Waals surface area contributed by atoms with Gasteiger partial charge in [0, 0.05) is 6.07 Å². The summed E-state index contributed by atoms with van der Waals surface area (Å²) in [5.74, 6) is -1.94. The zero-order valence-electron chi connectivity index (χ0n) is 11.1. The molecule has 2 aromatic carbocycles. The van der Waals surface area contributed by atoms with Gasteiger partial charge in [0.15, 0.2) is 4.32 Å². The van der Waals surface area contributed by atoms with E-state index in [1.54, 1.807) is 6.08 Å². The smallest absolute Gasteiger partial charge is 0.268 e. The molecule has 0 atom stereocenters. The van der Waals surface area contributed by atoms with E-state index < -0.39 is 17.5 Å². The maximum atomic E-state index is 13.9. The van der Waals surface area contributed by atoms with Gasteiger partial charge >= 0.3 is 0 Å². The normalized spacial score (nSPS) is 16.6. The van der Waals surface area contributed by atoms with Gasteiger partial charge < -0.3 is 0 Å². The molecule has 0 N–H and O–H groups in total. The first-order valence-electron chi connectivity index (χ1n) is 6.34. The average molecular weight is 333 g/mol. The molecule has 2 nitrogen and oxygen atoms in total. The largest absolute Gasteiger partial charge is 0.270 e. The van der Waals surface area contributed by atoms with Crippen molar-refractivity contribution in [2.45, 2.75) is 0 Å². The number of nitrogens with zero attached hydrogens (tertiary/aromatic N) is 1. The summed E-state index contributed by atoms with van der Waals surface area (Å²) in [7, 11) is 0. The number of carbonyl (C=O) groups is 1. The van der Waals surface area contributed by atoms with Crippen LogP contribution in [0.4, 0.5) is 14.5 Å². The number of thioether (sulfide) groups is 1. The third-order valence-electron chi connectivity index (χ3n) is 3.04. The maximum Gasteiger partial charge on any atom is 0.270 e. The van der Waals surface area contributed by atoms with Gasteiger partial charge in [0.1, 0.15) is 11.6 Å². The molecule has 0 aliphatic carbocycles. The highest BCUT2D eigenvalue weighted by atomic mass is 32.2. The molecule has 1 saturated heterocycles. The minimum Gasteiger partial charge on any atom is -0.268 e. The zero-order valence-corrected chi connectivity index (χ0v) is 12.8. The van der Waals surface area contributed by atoms with Gasteiger partial charge in [-0.05, 0) is 23.8 Å². The van der Waals surface area contributed by atoms with Crippen molar-refractivity contribution in [1.82, 2.24) is 0 Å². The van der Waals surface area contributed by atoms with Crippen molar-refractivity contribution in [3.05, 3.63) is 70.6 Å². The Morgan fingerprint density at radius 1 is 1.09 bits per heavy atom. The second kappa shape index (κ2) is 5.98. The third-order valence-corrected chi connectivity index (χ3v) is 4.34. The van der Waals surface area contributed by atoms with Gasteiger partial charge in [-0.15, -0.1) is 0 Å². The van der Waals surface area contributed by atoms with Crippen LogP contribution in [-0.2, 0) is 4.79 Å². The first-order valence-corrected chi connectivity index (χ1v) is 7.57. The molecule has 2 aromatic rings. The minimum atomic E-state index is -0.822. The van der Waals surface area contributed by atoms with Crippen LogP contribution in [0.25, 0.3) is 6.08 Å². The van der Waals surface area contributed by atoms with Gasteiger partial charge in [0.2, 0.25) is 0 Å². The van der Waals surface area contributed by atoms with Crippen LogP contribution >= 0.6 is 24.0 Å². The van der Waals surface area contributed by atoms with Gasteiger partial charge in [-0.25, -0.2) is 8.78 Å². The molecule has 1 aliphatic heterocycles. The summed E-state index contributed by atoms with van der Waals surface area (Å²) in [5, 5.41) is 0. The number of halogens is 2. The molecule has 0 radical (unpaired) electrons. The number of rotatable bonds is 2. The van der Waals surface area contributed by atoms with E-state index in [4.69, 9.17) is 12.2 Å². The highest BCUT2D eigenvalue weighted by Gasteiger charge is 2.34. The molecular weight excluding hydrogens is 324 g/mol. The Morgan fingerprint density at radius 3 is 2.50 bits per heavy atom. The molecule has 22 heavy (non-hydrogen) atoms. The molecule has 1 fully saturated rings. The summed E-state index contributed by atoms with van der Waals surface area (Å²) in [4.78, 5) is 13.9. The number of amides is 1. The molecule has 0 aromatic heterocycles. The predicted octanol–water partition coefficient (Wildman–Crippen LogP) is 4.37. The van der Waals surface area contributed by atoms with Crippen LogP contribution in [-0.4, -0.2) is 10.2 Å². The van der Waals surface area contributed by atoms with E-state index in [9.17, 15) is 13.6 Å². The molecule has 1 amide bonds. The van der Waals surface area contributed by atoms with Crippen molar-refractivity contribution in [1.29, 1.82) is 0 Å². The number of anilines is 1. The van der Waals surface area contributed by atoms with E-state index in [2.05, 4.69) is 0 Å². The van der Waals surface area contributed by atoms with Crippen LogP contribution in [0.2, 0.25) is 0 Å². The Kier molecular flexibility index (Phi) is 4.04. The number of hydrogen-bond acceptors (Lipinski definition) is 3. The predicted molar refractivity (Wildman–Crippen MR) is 88.5 cm³/mol. The lowest BCUT2D eigenvalue weighted by Gasteiger charge is -2.15. The molecule has 0 spiro atoms. The Balaban J connectivity index is 1.97. The second-order valence-corrected chi connectivity index (χ2v) is 6.20. The number of hydrogen-bond donors (Lipinski definition) is 0. The topological polar surface area (TPSA) is 20.3 Å². The highest BCUT2D eigenvalue weighted by Crippen LogP contribution is 2.37. The highest BCUT2D eigenvalue weighted by molar-refractivity contribution is 8.27. The Bertz CT molecular complexity index is 790. The molecular formula is C16H9F2NOS2. The summed E-state index contributed by atoms with van der Waals surface area (Å²) in [6.45, 7) is 0. The van der Waals surface area contributed by atoms with Gasteiger partial charge in [0.25, 0.3) is 5.91 Å². The molecule has 1 heterocycles. The fourth-order valence-electron chi connectivity index (χ4n) is 2.04. The summed E-state index contributed by atoms with van der Waals surface area (Å²) < 4.78 is 27.1.